The number of hydrogen-bond donors (Lipinski definition) is 2. The lowest BCUT2D eigenvalue weighted by Gasteiger charge is -2.10. The summed E-state index contributed by atoms with van der Waals surface area (Å²) in [5.41, 5.74) is 1.92. The molecular formula is C23H25BrN4O3. The van der Waals surface area contributed by atoms with Crippen molar-refractivity contribution in [3.05, 3.63) is 76.0 Å². The van der Waals surface area contributed by atoms with Crippen LogP contribution in [0.3, 0.4) is 0 Å². The number of anilines is 1. The Morgan fingerprint density at radius 2 is 1.90 bits per heavy atom. The van der Waals surface area contributed by atoms with E-state index < -0.39 is 0 Å². The summed E-state index contributed by atoms with van der Waals surface area (Å²) < 4.78 is 8.33. The van der Waals surface area contributed by atoms with Crippen molar-refractivity contribution in [2.75, 3.05) is 11.9 Å². The largest absolute Gasteiger partial charge is 0.488 e. The Morgan fingerprint density at radius 1 is 1.10 bits per heavy atom. The Bertz CT molecular complexity index is 1060. The van der Waals surface area contributed by atoms with Crippen LogP contribution in [0.25, 0.3) is 0 Å². The van der Waals surface area contributed by atoms with Crippen molar-refractivity contribution in [1.82, 2.24) is 15.1 Å². The van der Waals surface area contributed by atoms with Crippen molar-refractivity contribution >= 4 is 33.4 Å². The lowest BCUT2D eigenvalue weighted by Crippen LogP contribution is -2.26. The zero-order valence-corrected chi connectivity index (χ0v) is 19.1. The smallest absolute Gasteiger partial charge is 0.273 e. The molecule has 0 aliphatic heterocycles. The van der Waals surface area contributed by atoms with E-state index >= 15 is 0 Å². The van der Waals surface area contributed by atoms with Gasteiger partial charge in [0.05, 0.1) is 10.2 Å². The second kappa shape index (κ2) is 10.8. The molecule has 0 saturated heterocycles. The minimum atomic E-state index is -0.317. The fraction of sp³-hybridized carbons (Fsp3) is 0.261. The molecular weight excluding hydrogens is 460 g/mol. The normalized spacial score (nSPS) is 10.5. The van der Waals surface area contributed by atoms with Crippen LogP contribution in [0.5, 0.6) is 5.75 Å². The molecule has 0 radical (unpaired) electrons. The number of halogens is 1. The van der Waals surface area contributed by atoms with Gasteiger partial charge in [-0.05, 0) is 59.1 Å². The van der Waals surface area contributed by atoms with Gasteiger partial charge in [0.15, 0.2) is 5.69 Å². The highest BCUT2D eigenvalue weighted by Gasteiger charge is 2.19. The highest BCUT2D eigenvalue weighted by molar-refractivity contribution is 9.10. The van der Waals surface area contributed by atoms with E-state index in [4.69, 9.17) is 4.74 Å². The number of nitrogens with zero attached hydrogens (tertiary/aromatic N) is 2. The molecule has 0 unspecified atom stereocenters. The summed E-state index contributed by atoms with van der Waals surface area (Å²) in [7, 11) is 0. The van der Waals surface area contributed by atoms with Crippen LogP contribution < -0.4 is 15.4 Å². The Balaban J connectivity index is 1.72. The Morgan fingerprint density at radius 3 is 2.65 bits per heavy atom. The summed E-state index contributed by atoms with van der Waals surface area (Å²) in [6, 6.07) is 14.8. The third-order valence-electron chi connectivity index (χ3n) is 4.50. The van der Waals surface area contributed by atoms with Crippen LogP contribution in [0.15, 0.2) is 59.2 Å². The number of rotatable bonds is 9. The first kappa shape index (κ1) is 22.6. The number of aryl methyl sites for hydroxylation is 1. The number of benzene rings is 2. The molecule has 0 aliphatic rings. The molecule has 0 atom stereocenters. The molecule has 2 aromatic carbocycles. The van der Waals surface area contributed by atoms with Gasteiger partial charge in [-0.25, -0.2) is 0 Å². The quantitative estimate of drug-likeness (QED) is 0.463. The van der Waals surface area contributed by atoms with Gasteiger partial charge in [0.1, 0.15) is 12.4 Å². The van der Waals surface area contributed by atoms with Crippen molar-refractivity contribution in [3.63, 3.8) is 0 Å². The average Bonchev–Trinajstić information content (AvgIpc) is 3.20. The predicted molar refractivity (Wildman–Crippen MR) is 123 cm³/mol. The number of aromatic nitrogens is 2. The molecule has 1 aromatic heterocycles. The second-order valence-corrected chi connectivity index (χ2v) is 7.73. The van der Waals surface area contributed by atoms with Crippen molar-refractivity contribution in [2.24, 2.45) is 0 Å². The van der Waals surface area contributed by atoms with E-state index in [2.05, 4.69) is 31.7 Å². The van der Waals surface area contributed by atoms with Gasteiger partial charge in [0.2, 0.25) is 0 Å². The molecule has 162 valence electrons. The molecule has 0 aliphatic carbocycles. The van der Waals surface area contributed by atoms with Gasteiger partial charge in [-0.3, -0.25) is 14.3 Å². The van der Waals surface area contributed by atoms with E-state index in [0.29, 0.717) is 30.9 Å². The standard InChI is InChI=1S/C23H25BrN4O3/c1-3-12-25-23(30)21-19(14-28(4-2)27-21)26-22(29)17-9-7-8-16(13-17)15-31-20-11-6-5-10-18(20)24/h5-11,13-14H,3-4,12,15H2,1-2H3,(H,25,30)(H,26,29). The van der Waals surface area contributed by atoms with Gasteiger partial charge < -0.3 is 15.4 Å². The van der Waals surface area contributed by atoms with Crippen molar-refractivity contribution in [2.45, 2.75) is 33.4 Å². The lowest BCUT2D eigenvalue weighted by molar-refractivity contribution is 0.0948. The van der Waals surface area contributed by atoms with E-state index in [-0.39, 0.29) is 17.5 Å². The number of nitrogens with one attached hydrogen (secondary N) is 2. The average molecular weight is 485 g/mol. The predicted octanol–water partition coefficient (Wildman–Crippen LogP) is 4.64. The SMILES string of the molecule is CCCNC(=O)c1nn(CC)cc1NC(=O)c1cccc(COc2ccccc2Br)c1. The van der Waals surface area contributed by atoms with Gasteiger partial charge >= 0.3 is 0 Å². The van der Waals surface area contributed by atoms with E-state index in [1.54, 1.807) is 29.1 Å². The highest BCUT2D eigenvalue weighted by atomic mass is 79.9. The molecule has 8 heteroatoms. The van der Waals surface area contributed by atoms with Crippen LogP contribution in [0, 0.1) is 0 Å². The molecule has 31 heavy (non-hydrogen) atoms. The summed E-state index contributed by atoms with van der Waals surface area (Å²) >= 11 is 3.46. The highest BCUT2D eigenvalue weighted by Crippen LogP contribution is 2.25. The Kier molecular flexibility index (Phi) is 7.83. The molecule has 0 saturated carbocycles. The van der Waals surface area contributed by atoms with Gasteiger partial charge in [0.25, 0.3) is 11.8 Å². The molecule has 0 spiro atoms. The van der Waals surface area contributed by atoms with Gasteiger partial charge in [-0.2, -0.15) is 5.10 Å². The molecule has 7 nitrogen and oxygen atoms in total. The maximum absolute atomic E-state index is 12.9. The number of hydrogen-bond acceptors (Lipinski definition) is 4. The number of ether oxygens (including phenoxy) is 1. The van der Waals surface area contributed by atoms with Crippen molar-refractivity contribution < 1.29 is 14.3 Å². The fourth-order valence-corrected chi connectivity index (χ4v) is 3.28. The number of carbonyl (C=O) groups excluding carboxylic acids is 2. The minimum absolute atomic E-state index is 0.206. The van der Waals surface area contributed by atoms with E-state index in [0.717, 1.165) is 22.2 Å². The third-order valence-corrected chi connectivity index (χ3v) is 5.16. The van der Waals surface area contributed by atoms with Gasteiger partial charge in [-0.1, -0.05) is 31.2 Å². The molecule has 0 fully saturated rings. The van der Waals surface area contributed by atoms with Crippen molar-refractivity contribution in [1.29, 1.82) is 0 Å². The molecule has 2 N–H and O–H groups in total. The first-order chi connectivity index (χ1) is 15.0. The fourth-order valence-electron chi connectivity index (χ4n) is 2.88. The Hall–Kier alpha value is -3.13. The zero-order valence-electron chi connectivity index (χ0n) is 17.5. The third kappa shape index (κ3) is 5.95. The van der Waals surface area contributed by atoms with Gasteiger partial charge in [-0.15, -0.1) is 0 Å². The van der Waals surface area contributed by atoms with Crippen molar-refractivity contribution in [3.8, 4) is 5.75 Å². The first-order valence-corrected chi connectivity index (χ1v) is 10.9. The maximum atomic E-state index is 12.9. The lowest BCUT2D eigenvalue weighted by atomic mass is 10.1. The minimum Gasteiger partial charge on any atom is -0.488 e. The summed E-state index contributed by atoms with van der Waals surface area (Å²) in [5, 5.41) is 9.90. The summed E-state index contributed by atoms with van der Waals surface area (Å²) in [4.78, 5) is 25.3. The van der Waals surface area contributed by atoms with Crippen LogP contribution in [0.1, 0.15) is 46.7 Å². The summed E-state index contributed by atoms with van der Waals surface area (Å²) in [5.74, 6) is 0.106. The van der Waals surface area contributed by atoms with E-state index in [1.807, 2.05) is 44.2 Å². The van der Waals surface area contributed by atoms with Crippen LogP contribution in [-0.2, 0) is 13.2 Å². The molecule has 1 heterocycles. The topological polar surface area (TPSA) is 85.3 Å². The second-order valence-electron chi connectivity index (χ2n) is 6.88. The first-order valence-electron chi connectivity index (χ1n) is 10.1. The maximum Gasteiger partial charge on any atom is 0.273 e. The van der Waals surface area contributed by atoms with E-state index in [1.165, 1.54) is 0 Å². The van der Waals surface area contributed by atoms with E-state index in [9.17, 15) is 9.59 Å². The monoisotopic (exact) mass is 484 g/mol. The molecule has 3 aromatic rings. The van der Waals surface area contributed by atoms with Crippen LogP contribution in [-0.4, -0.2) is 28.1 Å². The van der Waals surface area contributed by atoms with Crippen LogP contribution in [0.2, 0.25) is 0 Å². The molecule has 3 rings (SSSR count). The summed E-state index contributed by atoms with van der Waals surface area (Å²) in [6.45, 7) is 5.35. The van der Waals surface area contributed by atoms with Gasteiger partial charge in [0, 0.05) is 24.8 Å². The Labute approximate surface area is 189 Å². The van der Waals surface area contributed by atoms with Crippen LogP contribution in [0.4, 0.5) is 5.69 Å². The number of para-hydroxylation sites is 1. The van der Waals surface area contributed by atoms with Crippen LogP contribution >= 0.6 is 15.9 Å². The number of carbonyl (C=O) groups is 2. The molecule has 0 bridgehead atoms. The zero-order chi connectivity index (χ0) is 22.2. The molecule has 2 amide bonds. The summed E-state index contributed by atoms with van der Waals surface area (Å²) in [6.07, 6.45) is 2.48. The number of amides is 2.